The number of hydrogen-bond donors (Lipinski definition) is 1. The van der Waals surface area contributed by atoms with Gasteiger partial charge in [0.05, 0.1) is 20.4 Å². The van der Waals surface area contributed by atoms with E-state index in [1.165, 1.54) is 0 Å². The highest BCUT2D eigenvalue weighted by Crippen LogP contribution is 2.34. The van der Waals surface area contributed by atoms with Crippen molar-refractivity contribution < 1.29 is 14.6 Å². The van der Waals surface area contributed by atoms with Crippen LogP contribution in [0.3, 0.4) is 0 Å². The first-order chi connectivity index (χ1) is 9.08. The summed E-state index contributed by atoms with van der Waals surface area (Å²) in [6.45, 7) is 1.98. The van der Waals surface area contributed by atoms with Gasteiger partial charge >= 0.3 is 0 Å². The molecule has 0 aliphatic carbocycles. The van der Waals surface area contributed by atoms with Crippen molar-refractivity contribution in [3.8, 4) is 11.5 Å². The number of nitrogens with zero attached hydrogens (tertiary/aromatic N) is 2. The fourth-order valence-electron chi connectivity index (χ4n) is 2.09. The highest BCUT2D eigenvalue weighted by molar-refractivity contribution is 5.44. The second-order valence-electron chi connectivity index (χ2n) is 4.37. The molecular formula is C14H18N2O3. The summed E-state index contributed by atoms with van der Waals surface area (Å²) < 4.78 is 12.2. The van der Waals surface area contributed by atoms with Gasteiger partial charge < -0.3 is 14.6 Å². The van der Waals surface area contributed by atoms with E-state index in [0.29, 0.717) is 22.8 Å². The molecular weight excluding hydrogens is 244 g/mol. The second kappa shape index (κ2) is 5.32. The first-order valence-electron chi connectivity index (χ1n) is 5.97. The molecule has 0 bridgehead atoms. The van der Waals surface area contributed by atoms with Crippen LogP contribution in [-0.4, -0.2) is 29.1 Å². The van der Waals surface area contributed by atoms with E-state index in [2.05, 4.69) is 5.10 Å². The third-order valence-electron chi connectivity index (χ3n) is 3.11. The number of aromatic nitrogens is 2. The largest absolute Gasteiger partial charge is 0.496 e. The molecule has 0 aliphatic rings. The summed E-state index contributed by atoms with van der Waals surface area (Å²) in [7, 11) is 4.91. The Hall–Kier alpha value is -2.01. The Morgan fingerprint density at radius 3 is 2.53 bits per heavy atom. The average Bonchev–Trinajstić information content (AvgIpc) is 2.78. The lowest BCUT2D eigenvalue weighted by molar-refractivity contribution is 0.199. The lowest BCUT2D eigenvalue weighted by Crippen LogP contribution is -2.09. The molecule has 0 aliphatic heterocycles. The average molecular weight is 262 g/mol. The van der Waals surface area contributed by atoms with Crippen molar-refractivity contribution in [3.05, 3.63) is 41.2 Å². The standard InChI is InChI=1S/C14H18N2O3/c1-9-5-6-10(11(7-9)18-3)14(17)13-12(19-4)8-15-16(13)2/h5-8,14,17H,1-4H3. The van der Waals surface area contributed by atoms with Gasteiger partial charge in [-0.15, -0.1) is 0 Å². The van der Waals surface area contributed by atoms with Crippen LogP contribution in [0.15, 0.2) is 24.4 Å². The van der Waals surface area contributed by atoms with Crippen LogP contribution in [-0.2, 0) is 7.05 Å². The maximum Gasteiger partial charge on any atom is 0.162 e. The molecule has 0 amide bonds. The summed E-state index contributed by atoms with van der Waals surface area (Å²) in [5.74, 6) is 1.20. The molecule has 5 heteroatoms. The molecule has 1 heterocycles. The zero-order valence-electron chi connectivity index (χ0n) is 11.5. The van der Waals surface area contributed by atoms with E-state index in [-0.39, 0.29) is 0 Å². The zero-order valence-corrected chi connectivity index (χ0v) is 11.5. The van der Waals surface area contributed by atoms with E-state index >= 15 is 0 Å². The zero-order chi connectivity index (χ0) is 14.0. The van der Waals surface area contributed by atoms with Gasteiger partial charge in [-0.05, 0) is 18.6 Å². The van der Waals surface area contributed by atoms with E-state index < -0.39 is 6.10 Å². The topological polar surface area (TPSA) is 56.5 Å². The van der Waals surface area contributed by atoms with Gasteiger partial charge in [-0.25, -0.2) is 0 Å². The molecule has 1 aromatic heterocycles. The fraction of sp³-hybridized carbons (Fsp3) is 0.357. The number of ether oxygens (including phenoxy) is 2. The third-order valence-corrected chi connectivity index (χ3v) is 3.11. The lowest BCUT2D eigenvalue weighted by Gasteiger charge is -2.16. The molecule has 1 aromatic carbocycles. The van der Waals surface area contributed by atoms with E-state index in [4.69, 9.17) is 9.47 Å². The predicted molar refractivity (Wildman–Crippen MR) is 71.6 cm³/mol. The van der Waals surface area contributed by atoms with Crippen LogP contribution in [0.2, 0.25) is 0 Å². The summed E-state index contributed by atoms with van der Waals surface area (Å²) in [5, 5.41) is 14.7. The highest BCUT2D eigenvalue weighted by Gasteiger charge is 2.23. The molecule has 0 radical (unpaired) electrons. The van der Waals surface area contributed by atoms with Crippen molar-refractivity contribution in [1.82, 2.24) is 9.78 Å². The van der Waals surface area contributed by atoms with Gasteiger partial charge in [-0.2, -0.15) is 5.10 Å². The van der Waals surface area contributed by atoms with Gasteiger partial charge in [-0.1, -0.05) is 12.1 Å². The van der Waals surface area contributed by atoms with E-state index in [1.54, 1.807) is 32.1 Å². The number of methoxy groups -OCH3 is 2. The number of hydrogen-bond acceptors (Lipinski definition) is 4. The van der Waals surface area contributed by atoms with Crippen LogP contribution in [0.1, 0.15) is 22.9 Å². The number of benzene rings is 1. The summed E-state index contributed by atoms with van der Waals surface area (Å²) in [5.41, 5.74) is 2.37. The lowest BCUT2D eigenvalue weighted by atomic mass is 10.0. The first kappa shape index (κ1) is 13.4. The van der Waals surface area contributed by atoms with Crippen LogP contribution in [0.25, 0.3) is 0 Å². The van der Waals surface area contributed by atoms with Crippen LogP contribution >= 0.6 is 0 Å². The molecule has 1 atom stereocenters. The van der Waals surface area contributed by atoms with Crippen LogP contribution in [0.5, 0.6) is 11.5 Å². The summed E-state index contributed by atoms with van der Waals surface area (Å²) in [4.78, 5) is 0. The molecule has 102 valence electrons. The minimum absolute atomic E-state index is 0.553. The van der Waals surface area contributed by atoms with Crippen molar-refractivity contribution >= 4 is 0 Å². The van der Waals surface area contributed by atoms with Crippen LogP contribution in [0.4, 0.5) is 0 Å². The Bertz CT molecular complexity index is 578. The van der Waals surface area contributed by atoms with Gasteiger partial charge in [-0.3, -0.25) is 4.68 Å². The van der Waals surface area contributed by atoms with Crippen LogP contribution in [0, 0.1) is 6.92 Å². The Kier molecular flexibility index (Phi) is 3.76. The third kappa shape index (κ3) is 2.42. The number of aliphatic hydroxyl groups excluding tert-OH is 1. The molecule has 0 saturated carbocycles. The van der Waals surface area contributed by atoms with Gasteiger partial charge in [0.15, 0.2) is 5.75 Å². The summed E-state index contributed by atoms with van der Waals surface area (Å²) >= 11 is 0. The van der Waals surface area contributed by atoms with Crippen LogP contribution < -0.4 is 9.47 Å². The van der Waals surface area contributed by atoms with Crippen molar-refractivity contribution in [2.24, 2.45) is 7.05 Å². The Balaban J connectivity index is 2.49. The van der Waals surface area contributed by atoms with Gasteiger partial charge in [0.2, 0.25) is 0 Å². The van der Waals surface area contributed by atoms with E-state index in [1.807, 2.05) is 25.1 Å². The maximum absolute atomic E-state index is 10.6. The maximum atomic E-state index is 10.6. The van der Waals surface area contributed by atoms with E-state index in [9.17, 15) is 5.11 Å². The molecule has 1 unspecified atom stereocenters. The smallest absolute Gasteiger partial charge is 0.162 e. The predicted octanol–water partition coefficient (Wildman–Crippen LogP) is 1.83. The molecule has 2 rings (SSSR count). The minimum Gasteiger partial charge on any atom is -0.496 e. The number of aliphatic hydroxyl groups is 1. The van der Waals surface area contributed by atoms with Crippen molar-refractivity contribution in [1.29, 1.82) is 0 Å². The normalized spacial score (nSPS) is 12.3. The Morgan fingerprint density at radius 2 is 1.89 bits per heavy atom. The molecule has 2 aromatic rings. The molecule has 0 fully saturated rings. The minimum atomic E-state index is -0.849. The molecule has 0 saturated heterocycles. The first-order valence-corrected chi connectivity index (χ1v) is 5.97. The Labute approximate surface area is 112 Å². The van der Waals surface area contributed by atoms with Crippen molar-refractivity contribution in [3.63, 3.8) is 0 Å². The molecule has 5 nitrogen and oxygen atoms in total. The fourth-order valence-corrected chi connectivity index (χ4v) is 2.09. The molecule has 0 spiro atoms. The Morgan fingerprint density at radius 1 is 1.21 bits per heavy atom. The molecule has 19 heavy (non-hydrogen) atoms. The second-order valence-corrected chi connectivity index (χ2v) is 4.37. The van der Waals surface area contributed by atoms with Gasteiger partial charge in [0.1, 0.15) is 17.5 Å². The van der Waals surface area contributed by atoms with Gasteiger partial charge in [0.25, 0.3) is 0 Å². The highest BCUT2D eigenvalue weighted by atomic mass is 16.5. The van der Waals surface area contributed by atoms with E-state index in [0.717, 1.165) is 5.56 Å². The number of aryl methyl sites for hydroxylation is 2. The summed E-state index contributed by atoms with van der Waals surface area (Å²) in [6.07, 6.45) is 0.733. The van der Waals surface area contributed by atoms with Crippen molar-refractivity contribution in [2.45, 2.75) is 13.0 Å². The quantitative estimate of drug-likeness (QED) is 0.913. The summed E-state index contributed by atoms with van der Waals surface area (Å²) in [6, 6.07) is 5.68. The molecule has 1 N–H and O–H groups in total. The van der Waals surface area contributed by atoms with Crippen molar-refractivity contribution in [2.75, 3.05) is 14.2 Å². The SMILES string of the molecule is COc1cc(C)ccc1C(O)c1c(OC)cnn1C. The van der Waals surface area contributed by atoms with Gasteiger partial charge in [0, 0.05) is 12.6 Å². The number of rotatable bonds is 4. The monoisotopic (exact) mass is 262 g/mol.